The number of anilines is 2. The molecule has 0 aliphatic heterocycles. The quantitative estimate of drug-likeness (QED) is 0.642. The van der Waals surface area contributed by atoms with Gasteiger partial charge in [-0.25, -0.2) is 4.79 Å². The number of nitrogens with two attached hydrogens (primary N) is 1. The van der Waals surface area contributed by atoms with Gasteiger partial charge in [0.25, 0.3) is 0 Å². The molecule has 0 bridgehead atoms. The first kappa shape index (κ1) is 11.8. The first-order valence-electron chi connectivity index (χ1n) is 5.84. The summed E-state index contributed by atoms with van der Waals surface area (Å²) in [4.78, 5) is 13.8. The summed E-state index contributed by atoms with van der Waals surface area (Å²) in [6, 6.07) is 5.84. The summed E-state index contributed by atoms with van der Waals surface area (Å²) in [5.74, 6) is -0.335. The highest BCUT2D eigenvalue weighted by molar-refractivity contribution is 5.99. The fourth-order valence-electron chi connectivity index (χ4n) is 2.19. The molecule has 0 heterocycles. The van der Waals surface area contributed by atoms with Gasteiger partial charge in [0.2, 0.25) is 0 Å². The minimum atomic E-state index is -0.335. The van der Waals surface area contributed by atoms with E-state index in [1.807, 2.05) is 13.1 Å². The Morgan fingerprint density at radius 2 is 2.18 bits per heavy atom. The molecule has 1 aliphatic rings. The molecule has 2 rings (SSSR count). The van der Waals surface area contributed by atoms with Gasteiger partial charge in [0.15, 0.2) is 0 Å². The highest BCUT2D eigenvalue weighted by Gasteiger charge is 2.26. The van der Waals surface area contributed by atoms with Gasteiger partial charge in [0.1, 0.15) is 0 Å². The number of methoxy groups -OCH3 is 1. The van der Waals surface area contributed by atoms with E-state index in [1.165, 1.54) is 13.5 Å². The smallest absolute Gasteiger partial charge is 0.340 e. The third kappa shape index (κ3) is 2.07. The molecule has 4 heteroatoms. The average molecular weight is 234 g/mol. The van der Waals surface area contributed by atoms with E-state index in [1.54, 1.807) is 12.1 Å². The number of benzene rings is 1. The Bertz CT molecular complexity index is 427. The molecule has 0 radical (unpaired) electrons. The first-order chi connectivity index (χ1) is 8.15. The Morgan fingerprint density at radius 3 is 2.71 bits per heavy atom. The van der Waals surface area contributed by atoms with E-state index < -0.39 is 0 Å². The van der Waals surface area contributed by atoms with Crippen LogP contribution in [-0.4, -0.2) is 26.2 Å². The number of hydrogen-bond donors (Lipinski definition) is 1. The lowest BCUT2D eigenvalue weighted by Gasteiger charge is -2.37. The number of rotatable bonds is 3. The van der Waals surface area contributed by atoms with Crippen LogP contribution < -0.4 is 10.6 Å². The molecule has 0 aromatic heterocycles. The molecular formula is C13H18N2O2. The number of carbonyl (C=O) groups is 1. The minimum absolute atomic E-state index is 0.335. The SMILES string of the molecule is COC(=O)c1cccc(N)c1N(C)C1CCC1. The van der Waals surface area contributed by atoms with Crippen LogP contribution in [-0.2, 0) is 4.74 Å². The van der Waals surface area contributed by atoms with E-state index in [0.717, 1.165) is 18.5 Å². The molecule has 0 spiro atoms. The molecule has 0 amide bonds. The summed E-state index contributed by atoms with van der Waals surface area (Å²) < 4.78 is 4.79. The molecule has 2 N–H and O–H groups in total. The second-order valence-electron chi connectivity index (χ2n) is 4.43. The Labute approximate surface area is 101 Å². The van der Waals surface area contributed by atoms with Crippen molar-refractivity contribution < 1.29 is 9.53 Å². The van der Waals surface area contributed by atoms with Gasteiger partial charge in [-0.15, -0.1) is 0 Å². The predicted molar refractivity (Wildman–Crippen MR) is 68.2 cm³/mol. The topological polar surface area (TPSA) is 55.6 Å². The van der Waals surface area contributed by atoms with Gasteiger partial charge < -0.3 is 15.4 Å². The maximum atomic E-state index is 11.7. The van der Waals surface area contributed by atoms with Crippen LogP contribution in [0.4, 0.5) is 11.4 Å². The summed E-state index contributed by atoms with van der Waals surface area (Å²) in [5, 5.41) is 0. The van der Waals surface area contributed by atoms with Crippen molar-refractivity contribution in [3.63, 3.8) is 0 Å². The molecule has 0 saturated heterocycles. The molecule has 1 aliphatic carbocycles. The first-order valence-corrected chi connectivity index (χ1v) is 5.84. The van der Waals surface area contributed by atoms with Crippen LogP contribution >= 0.6 is 0 Å². The zero-order valence-electron chi connectivity index (χ0n) is 10.3. The molecule has 92 valence electrons. The standard InChI is InChI=1S/C13H18N2O2/c1-15(9-5-3-6-9)12-10(13(16)17-2)7-4-8-11(12)14/h4,7-9H,3,5-6,14H2,1-2H3. The average Bonchev–Trinajstić information content (AvgIpc) is 2.25. The third-order valence-corrected chi connectivity index (χ3v) is 3.45. The van der Waals surface area contributed by atoms with Crippen molar-refractivity contribution in [2.75, 3.05) is 24.8 Å². The fraction of sp³-hybridized carbons (Fsp3) is 0.462. The number of para-hydroxylation sites is 1. The molecule has 1 saturated carbocycles. The third-order valence-electron chi connectivity index (χ3n) is 3.45. The highest BCUT2D eigenvalue weighted by Crippen LogP contribution is 2.34. The number of nitrogen functional groups attached to an aromatic ring is 1. The second-order valence-corrected chi connectivity index (χ2v) is 4.43. The van der Waals surface area contributed by atoms with E-state index in [4.69, 9.17) is 10.5 Å². The van der Waals surface area contributed by atoms with Crippen LogP contribution in [0.5, 0.6) is 0 Å². The van der Waals surface area contributed by atoms with Gasteiger partial charge >= 0.3 is 5.97 Å². The Morgan fingerprint density at radius 1 is 1.47 bits per heavy atom. The van der Waals surface area contributed by atoms with Crippen molar-refractivity contribution in [1.82, 2.24) is 0 Å². The molecule has 1 aromatic rings. The van der Waals surface area contributed by atoms with E-state index in [2.05, 4.69) is 4.90 Å². The predicted octanol–water partition coefficient (Wildman–Crippen LogP) is 2.04. The van der Waals surface area contributed by atoms with Crippen molar-refractivity contribution in [3.8, 4) is 0 Å². The van der Waals surface area contributed by atoms with E-state index in [0.29, 0.717) is 17.3 Å². The van der Waals surface area contributed by atoms with E-state index in [-0.39, 0.29) is 5.97 Å². The van der Waals surface area contributed by atoms with Gasteiger partial charge in [-0.2, -0.15) is 0 Å². The van der Waals surface area contributed by atoms with E-state index in [9.17, 15) is 4.79 Å². The summed E-state index contributed by atoms with van der Waals surface area (Å²) in [7, 11) is 3.38. The van der Waals surface area contributed by atoms with Crippen LogP contribution in [0.25, 0.3) is 0 Å². The van der Waals surface area contributed by atoms with Gasteiger partial charge in [-0.3, -0.25) is 0 Å². The van der Waals surface area contributed by atoms with Gasteiger partial charge in [-0.1, -0.05) is 6.07 Å². The molecule has 17 heavy (non-hydrogen) atoms. The lowest BCUT2D eigenvalue weighted by molar-refractivity contribution is 0.0601. The molecular weight excluding hydrogens is 216 g/mol. The fourth-order valence-corrected chi connectivity index (χ4v) is 2.19. The number of nitrogens with zero attached hydrogens (tertiary/aromatic N) is 1. The van der Waals surface area contributed by atoms with Crippen LogP contribution in [0.1, 0.15) is 29.6 Å². The Kier molecular flexibility index (Phi) is 3.22. The summed E-state index contributed by atoms with van der Waals surface area (Å²) in [6.07, 6.45) is 3.56. The lowest BCUT2D eigenvalue weighted by Crippen LogP contribution is -2.38. The normalized spacial score (nSPS) is 15.2. The zero-order chi connectivity index (χ0) is 12.4. The van der Waals surface area contributed by atoms with Crippen LogP contribution in [0, 0.1) is 0 Å². The monoisotopic (exact) mass is 234 g/mol. The van der Waals surface area contributed by atoms with Gasteiger partial charge in [-0.05, 0) is 31.4 Å². The number of hydrogen-bond acceptors (Lipinski definition) is 4. The van der Waals surface area contributed by atoms with Crippen LogP contribution in [0.15, 0.2) is 18.2 Å². The maximum absolute atomic E-state index is 11.7. The summed E-state index contributed by atoms with van der Waals surface area (Å²) in [6.45, 7) is 0. The van der Waals surface area contributed by atoms with Crippen molar-refractivity contribution in [3.05, 3.63) is 23.8 Å². The van der Waals surface area contributed by atoms with Crippen molar-refractivity contribution in [2.24, 2.45) is 0 Å². The Balaban J connectivity index is 2.38. The molecule has 1 fully saturated rings. The van der Waals surface area contributed by atoms with E-state index >= 15 is 0 Å². The molecule has 0 atom stereocenters. The molecule has 0 unspecified atom stereocenters. The molecule has 1 aromatic carbocycles. The highest BCUT2D eigenvalue weighted by atomic mass is 16.5. The molecule has 4 nitrogen and oxygen atoms in total. The van der Waals surface area contributed by atoms with Gasteiger partial charge in [0.05, 0.1) is 24.0 Å². The number of carbonyl (C=O) groups excluding carboxylic acids is 1. The zero-order valence-corrected chi connectivity index (χ0v) is 10.3. The lowest BCUT2D eigenvalue weighted by atomic mass is 9.91. The van der Waals surface area contributed by atoms with Crippen molar-refractivity contribution in [1.29, 1.82) is 0 Å². The number of ether oxygens (including phenoxy) is 1. The van der Waals surface area contributed by atoms with Crippen LogP contribution in [0.2, 0.25) is 0 Å². The van der Waals surface area contributed by atoms with Crippen molar-refractivity contribution in [2.45, 2.75) is 25.3 Å². The van der Waals surface area contributed by atoms with Crippen LogP contribution in [0.3, 0.4) is 0 Å². The maximum Gasteiger partial charge on any atom is 0.340 e. The number of esters is 1. The minimum Gasteiger partial charge on any atom is -0.465 e. The summed E-state index contributed by atoms with van der Waals surface area (Å²) >= 11 is 0. The Hall–Kier alpha value is -1.71. The van der Waals surface area contributed by atoms with Gasteiger partial charge in [0, 0.05) is 13.1 Å². The summed E-state index contributed by atoms with van der Waals surface area (Å²) in [5.41, 5.74) is 7.95. The van der Waals surface area contributed by atoms with Crippen molar-refractivity contribution >= 4 is 17.3 Å². The largest absolute Gasteiger partial charge is 0.465 e. The second kappa shape index (κ2) is 4.65.